The normalized spacial score (nSPS) is 12.6. The number of hydrogen-bond donors (Lipinski definition) is 1. The van der Waals surface area contributed by atoms with Gasteiger partial charge in [-0.25, -0.2) is 4.39 Å². The molecule has 0 amide bonds. The fourth-order valence-electron chi connectivity index (χ4n) is 0.804. The van der Waals surface area contributed by atoms with E-state index in [1.165, 1.54) is 18.2 Å². The molecule has 1 aromatic carbocycles. The topological polar surface area (TPSA) is 29.5 Å². The average molecular weight is 328 g/mol. The van der Waals surface area contributed by atoms with E-state index in [0.29, 0.717) is 15.6 Å². The smallest absolute Gasteiger partial charge is 0.137 e. The monoisotopic (exact) mass is 326 g/mol. The fraction of sp³-hybridized carbons (Fsp3) is 0.333. The lowest BCUT2D eigenvalue weighted by Crippen LogP contribution is -2.18. The highest BCUT2D eigenvalue weighted by Crippen LogP contribution is 2.21. The number of aliphatic hydroxyl groups excluding tert-OH is 1. The molecule has 0 spiro atoms. The summed E-state index contributed by atoms with van der Waals surface area (Å²) in [6, 6.07) is 4.34. The molecule has 5 heteroatoms. The van der Waals surface area contributed by atoms with Crippen LogP contribution in [0.15, 0.2) is 22.7 Å². The molecule has 0 bridgehead atoms. The van der Waals surface area contributed by atoms with Crippen LogP contribution in [0, 0.1) is 5.82 Å². The summed E-state index contributed by atoms with van der Waals surface area (Å²) in [5, 5.41) is 9.64. The van der Waals surface area contributed by atoms with Crippen LogP contribution in [-0.4, -0.2) is 23.1 Å². The second-order valence-corrected chi connectivity index (χ2v) is 4.20. The molecule has 14 heavy (non-hydrogen) atoms. The Labute approximate surface area is 98.3 Å². The molecule has 78 valence electrons. The van der Waals surface area contributed by atoms with Gasteiger partial charge in [0.2, 0.25) is 0 Å². The minimum absolute atomic E-state index is 0.184. The standard InChI is InChI=1S/C9H9Br2FO2/c10-4-6(13)5-14-7-1-2-9(12)8(11)3-7/h1-3,6,13H,4-5H2. The molecule has 1 atom stereocenters. The highest BCUT2D eigenvalue weighted by molar-refractivity contribution is 9.10. The summed E-state index contributed by atoms with van der Waals surface area (Å²) in [6.45, 7) is 0.184. The van der Waals surface area contributed by atoms with Gasteiger partial charge >= 0.3 is 0 Å². The minimum atomic E-state index is -0.557. The van der Waals surface area contributed by atoms with Crippen molar-refractivity contribution in [3.05, 3.63) is 28.5 Å². The van der Waals surface area contributed by atoms with E-state index in [4.69, 9.17) is 4.74 Å². The van der Waals surface area contributed by atoms with Crippen molar-refractivity contribution in [2.24, 2.45) is 0 Å². The Hall–Kier alpha value is -0.130. The van der Waals surface area contributed by atoms with Gasteiger partial charge in [-0.1, -0.05) is 15.9 Å². The molecule has 0 heterocycles. The molecule has 0 saturated heterocycles. The SMILES string of the molecule is OC(CBr)COc1ccc(F)c(Br)c1. The van der Waals surface area contributed by atoms with Gasteiger partial charge in [0.15, 0.2) is 0 Å². The van der Waals surface area contributed by atoms with Gasteiger partial charge in [-0.2, -0.15) is 0 Å². The van der Waals surface area contributed by atoms with E-state index in [1.54, 1.807) is 0 Å². The van der Waals surface area contributed by atoms with Crippen molar-refractivity contribution in [2.45, 2.75) is 6.10 Å². The molecule has 1 N–H and O–H groups in total. The van der Waals surface area contributed by atoms with Crippen LogP contribution in [0.4, 0.5) is 4.39 Å². The Balaban J connectivity index is 2.55. The zero-order valence-corrected chi connectivity index (χ0v) is 10.4. The minimum Gasteiger partial charge on any atom is -0.491 e. The Kier molecular flexibility index (Phi) is 4.84. The fourth-order valence-corrected chi connectivity index (χ4v) is 1.35. The molecular weight excluding hydrogens is 319 g/mol. The molecule has 0 aliphatic carbocycles. The number of hydrogen-bond acceptors (Lipinski definition) is 2. The number of rotatable bonds is 4. The van der Waals surface area contributed by atoms with E-state index in [9.17, 15) is 9.50 Å². The van der Waals surface area contributed by atoms with Gasteiger partial charge < -0.3 is 9.84 Å². The summed E-state index contributed by atoms with van der Waals surface area (Å²) in [6.07, 6.45) is -0.557. The number of benzene rings is 1. The van der Waals surface area contributed by atoms with Gasteiger partial charge in [-0.05, 0) is 34.1 Å². The van der Waals surface area contributed by atoms with Crippen LogP contribution in [0.3, 0.4) is 0 Å². The summed E-state index contributed by atoms with van der Waals surface area (Å²) in [5.74, 6) is 0.191. The van der Waals surface area contributed by atoms with Crippen molar-refractivity contribution in [1.82, 2.24) is 0 Å². The third kappa shape index (κ3) is 3.55. The maximum atomic E-state index is 12.8. The largest absolute Gasteiger partial charge is 0.491 e. The molecule has 0 radical (unpaired) electrons. The van der Waals surface area contributed by atoms with Crippen molar-refractivity contribution in [3.8, 4) is 5.75 Å². The molecule has 2 nitrogen and oxygen atoms in total. The predicted molar refractivity (Wildman–Crippen MR) is 59.4 cm³/mol. The first kappa shape index (κ1) is 11.9. The van der Waals surface area contributed by atoms with Crippen molar-refractivity contribution in [1.29, 1.82) is 0 Å². The van der Waals surface area contributed by atoms with Gasteiger partial charge in [0.1, 0.15) is 18.2 Å². The molecular formula is C9H9Br2FO2. The molecule has 1 aromatic rings. The van der Waals surface area contributed by atoms with Crippen LogP contribution in [0.2, 0.25) is 0 Å². The van der Waals surface area contributed by atoms with Crippen LogP contribution in [-0.2, 0) is 0 Å². The number of alkyl halides is 1. The molecule has 0 fully saturated rings. The third-order valence-electron chi connectivity index (χ3n) is 1.51. The van der Waals surface area contributed by atoms with Crippen LogP contribution >= 0.6 is 31.9 Å². The molecule has 1 rings (SSSR count). The van der Waals surface area contributed by atoms with Crippen molar-refractivity contribution in [2.75, 3.05) is 11.9 Å². The summed E-state index contributed by atoms with van der Waals surface area (Å²) < 4.78 is 18.4. The Morgan fingerprint density at radius 2 is 2.21 bits per heavy atom. The van der Waals surface area contributed by atoms with Gasteiger partial charge in [-0.15, -0.1) is 0 Å². The summed E-state index contributed by atoms with van der Waals surface area (Å²) >= 11 is 6.16. The summed E-state index contributed by atoms with van der Waals surface area (Å²) in [5.41, 5.74) is 0. The average Bonchev–Trinajstić information content (AvgIpc) is 2.19. The Bertz CT molecular complexity index is 307. The van der Waals surface area contributed by atoms with Crippen molar-refractivity contribution in [3.63, 3.8) is 0 Å². The number of ether oxygens (including phenoxy) is 1. The third-order valence-corrected chi connectivity index (χ3v) is 2.87. The van der Waals surface area contributed by atoms with E-state index >= 15 is 0 Å². The first-order valence-corrected chi connectivity index (χ1v) is 5.87. The molecule has 0 aliphatic heterocycles. The van der Waals surface area contributed by atoms with Gasteiger partial charge in [-0.3, -0.25) is 0 Å². The van der Waals surface area contributed by atoms with E-state index < -0.39 is 6.10 Å². The van der Waals surface area contributed by atoms with E-state index in [-0.39, 0.29) is 12.4 Å². The van der Waals surface area contributed by atoms with E-state index in [0.717, 1.165) is 0 Å². The first-order chi connectivity index (χ1) is 6.63. The highest BCUT2D eigenvalue weighted by Gasteiger charge is 2.04. The zero-order valence-electron chi connectivity index (χ0n) is 7.21. The Morgan fingerprint density at radius 3 is 2.79 bits per heavy atom. The van der Waals surface area contributed by atoms with Gasteiger partial charge in [0, 0.05) is 5.33 Å². The molecule has 0 aromatic heterocycles. The van der Waals surface area contributed by atoms with Gasteiger partial charge in [0.05, 0.1) is 10.6 Å². The summed E-state index contributed by atoms with van der Waals surface area (Å²) in [4.78, 5) is 0. The van der Waals surface area contributed by atoms with Crippen LogP contribution in [0.5, 0.6) is 5.75 Å². The lowest BCUT2D eigenvalue weighted by molar-refractivity contribution is 0.127. The van der Waals surface area contributed by atoms with Crippen LogP contribution < -0.4 is 4.74 Å². The second kappa shape index (κ2) is 5.68. The zero-order chi connectivity index (χ0) is 10.6. The van der Waals surface area contributed by atoms with E-state index in [1.807, 2.05) is 0 Å². The predicted octanol–water partition coefficient (Wildman–Crippen LogP) is 2.72. The number of halogens is 3. The molecule has 1 unspecified atom stereocenters. The molecule has 0 saturated carbocycles. The van der Waals surface area contributed by atoms with Crippen molar-refractivity contribution >= 4 is 31.9 Å². The maximum Gasteiger partial charge on any atom is 0.137 e. The quantitative estimate of drug-likeness (QED) is 0.862. The second-order valence-electron chi connectivity index (χ2n) is 2.70. The lowest BCUT2D eigenvalue weighted by atomic mass is 10.3. The maximum absolute atomic E-state index is 12.8. The molecule has 0 aliphatic rings. The van der Waals surface area contributed by atoms with Crippen LogP contribution in [0.1, 0.15) is 0 Å². The van der Waals surface area contributed by atoms with Crippen LogP contribution in [0.25, 0.3) is 0 Å². The highest BCUT2D eigenvalue weighted by atomic mass is 79.9. The number of aliphatic hydroxyl groups is 1. The first-order valence-electron chi connectivity index (χ1n) is 3.95. The Morgan fingerprint density at radius 1 is 1.50 bits per heavy atom. The summed E-state index contributed by atoms with van der Waals surface area (Å²) in [7, 11) is 0. The van der Waals surface area contributed by atoms with Crippen molar-refractivity contribution < 1.29 is 14.2 Å². The van der Waals surface area contributed by atoms with E-state index in [2.05, 4.69) is 31.9 Å². The van der Waals surface area contributed by atoms with Gasteiger partial charge in [0.25, 0.3) is 0 Å². The lowest BCUT2D eigenvalue weighted by Gasteiger charge is -2.09.